The molecule has 5 rings (SSSR count). The first-order chi connectivity index (χ1) is 12.1. The van der Waals surface area contributed by atoms with Gasteiger partial charge in [-0.3, -0.25) is 14.9 Å². The Labute approximate surface area is 141 Å². The quantitative estimate of drug-likeness (QED) is 0.693. The molecule has 2 heterocycles. The number of hydrogen-bond donors (Lipinski definition) is 1. The molecule has 0 radical (unpaired) electrons. The fraction of sp³-hybridized carbons (Fsp3) is 0.0526. The van der Waals surface area contributed by atoms with Crippen molar-refractivity contribution in [3.8, 4) is 22.6 Å². The van der Waals surface area contributed by atoms with Crippen LogP contribution < -0.4 is 14.8 Å². The molecule has 0 aromatic heterocycles. The van der Waals surface area contributed by atoms with Gasteiger partial charge in [-0.15, -0.1) is 0 Å². The maximum atomic E-state index is 13.3. The Balaban J connectivity index is 1.92. The van der Waals surface area contributed by atoms with Crippen LogP contribution in [0, 0.1) is 5.82 Å². The molecule has 122 valence electrons. The number of imide groups is 1. The minimum atomic E-state index is -0.459. The molecule has 1 N–H and O–H groups in total. The van der Waals surface area contributed by atoms with Crippen molar-refractivity contribution in [2.75, 3.05) is 6.79 Å². The van der Waals surface area contributed by atoms with Crippen LogP contribution in [0.3, 0.4) is 0 Å². The summed E-state index contributed by atoms with van der Waals surface area (Å²) in [5.74, 6) is -0.122. The Morgan fingerprint density at radius 1 is 0.880 bits per heavy atom. The number of carbonyl (C=O) groups is 2. The van der Waals surface area contributed by atoms with Gasteiger partial charge in [-0.25, -0.2) is 4.39 Å². The van der Waals surface area contributed by atoms with Crippen molar-refractivity contribution in [2.24, 2.45) is 0 Å². The molecule has 6 heteroatoms. The summed E-state index contributed by atoms with van der Waals surface area (Å²) in [5, 5.41) is 3.80. The number of amides is 2. The van der Waals surface area contributed by atoms with Crippen LogP contribution in [0.5, 0.6) is 11.5 Å². The zero-order valence-electron chi connectivity index (χ0n) is 12.8. The van der Waals surface area contributed by atoms with Crippen molar-refractivity contribution < 1.29 is 23.5 Å². The van der Waals surface area contributed by atoms with E-state index in [1.54, 1.807) is 30.3 Å². The molecule has 3 aromatic carbocycles. The summed E-state index contributed by atoms with van der Waals surface area (Å²) in [7, 11) is 0. The van der Waals surface area contributed by atoms with Crippen LogP contribution in [0.4, 0.5) is 4.39 Å². The fourth-order valence-corrected chi connectivity index (χ4v) is 3.35. The van der Waals surface area contributed by atoms with E-state index in [2.05, 4.69) is 5.32 Å². The van der Waals surface area contributed by atoms with Gasteiger partial charge in [0.15, 0.2) is 11.5 Å². The van der Waals surface area contributed by atoms with Crippen LogP contribution in [-0.4, -0.2) is 18.6 Å². The molecule has 25 heavy (non-hydrogen) atoms. The van der Waals surface area contributed by atoms with Crippen molar-refractivity contribution in [3.05, 3.63) is 59.4 Å². The lowest BCUT2D eigenvalue weighted by Crippen LogP contribution is -2.20. The second kappa shape index (κ2) is 4.80. The number of benzene rings is 3. The lowest BCUT2D eigenvalue weighted by molar-refractivity contribution is 0.0880. The van der Waals surface area contributed by atoms with E-state index in [1.165, 1.54) is 12.1 Å². The third-order valence-corrected chi connectivity index (χ3v) is 4.46. The largest absolute Gasteiger partial charge is 0.454 e. The van der Waals surface area contributed by atoms with Gasteiger partial charge in [-0.05, 0) is 46.7 Å². The van der Waals surface area contributed by atoms with Gasteiger partial charge in [0, 0.05) is 5.56 Å². The molecular weight excluding hydrogens is 325 g/mol. The molecule has 0 saturated carbocycles. The second-order valence-electron chi connectivity index (χ2n) is 5.89. The van der Waals surface area contributed by atoms with E-state index in [9.17, 15) is 14.0 Å². The number of hydrogen-bond acceptors (Lipinski definition) is 4. The molecule has 0 aliphatic carbocycles. The van der Waals surface area contributed by atoms with E-state index < -0.39 is 11.8 Å². The van der Waals surface area contributed by atoms with E-state index in [-0.39, 0.29) is 12.6 Å². The van der Waals surface area contributed by atoms with Gasteiger partial charge >= 0.3 is 0 Å². The Morgan fingerprint density at radius 2 is 1.60 bits per heavy atom. The maximum Gasteiger partial charge on any atom is 0.259 e. The Kier molecular flexibility index (Phi) is 2.68. The first-order valence-corrected chi connectivity index (χ1v) is 7.64. The smallest absolute Gasteiger partial charge is 0.259 e. The first-order valence-electron chi connectivity index (χ1n) is 7.64. The molecule has 3 aromatic rings. The zero-order chi connectivity index (χ0) is 17.1. The van der Waals surface area contributed by atoms with Crippen LogP contribution >= 0.6 is 0 Å². The van der Waals surface area contributed by atoms with E-state index in [0.29, 0.717) is 33.8 Å². The van der Waals surface area contributed by atoms with E-state index in [0.717, 1.165) is 10.8 Å². The molecule has 0 saturated heterocycles. The monoisotopic (exact) mass is 335 g/mol. The predicted octanol–water partition coefficient (Wildman–Crippen LogP) is 3.26. The van der Waals surface area contributed by atoms with Gasteiger partial charge in [0.25, 0.3) is 11.8 Å². The highest BCUT2D eigenvalue weighted by molar-refractivity contribution is 6.27. The molecule has 2 aliphatic heterocycles. The third kappa shape index (κ3) is 1.94. The summed E-state index contributed by atoms with van der Waals surface area (Å²) in [6.07, 6.45) is 0. The standard InChI is InChI=1S/C19H10FNO4/c20-11-3-1-9(2-4-11)16-12-7-15-14(24-8-25-15)6-10(12)5-13-17(16)19(23)21-18(13)22/h1-7H,8H2,(H,21,22,23). The molecule has 0 atom stereocenters. The van der Waals surface area contributed by atoms with Crippen molar-refractivity contribution >= 4 is 22.6 Å². The van der Waals surface area contributed by atoms with Gasteiger partial charge in [0.1, 0.15) is 5.82 Å². The van der Waals surface area contributed by atoms with Gasteiger partial charge < -0.3 is 9.47 Å². The number of rotatable bonds is 1. The summed E-state index contributed by atoms with van der Waals surface area (Å²) >= 11 is 0. The molecule has 0 spiro atoms. The van der Waals surface area contributed by atoms with Crippen LogP contribution in [0.15, 0.2) is 42.5 Å². The van der Waals surface area contributed by atoms with Gasteiger partial charge in [-0.2, -0.15) is 0 Å². The fourth-order valence-electron chi connectivity index (χ4n) is 3.35. The summed E-state index contributed by atoms with van der Waals surface area (Å²) in [6.45, 7) is 0.122. The summed E-state index contributed by atoms with van der Waals surface area (Å²) in [6, 6.07) is 11.0. The SMILES string of the molecule is O=C1NC(=O)c2c1cc1cc3c(cc1c2-c1ccc(F)cc1)OCO3. The molecule has 0 fully saturated rings. The summed E-state index contributed by atoms with van der Waals surface area (Å²) in [4.78, 5) is 24.5. The minimum Gasteiger partial charge on any atom is -0.454 e. The average Bonchev–Trinajstić information content (AvgIpc) is 3.16. The van der Waals surface area contributed by atoms with Crippen molar-refractivity contribution in [3.63, 3.8) is 0 Å². The molecule has 0 bridgehead atoms. The van der Waals surface area contributed by atoms with Crippen LogP contribution in [0.25, 0.3) is 21.9 Å². The lowest BCUT2D eigenvalue weighted by Gasteiger charge is -2.12. The van der Waals surface area contributed by atoms with E-state index >= 15 is 0 Å². The molecule has 0 unspecified atom stereocenters. The third-order valence-electron chi connectivity index (χ3n) is 4.46. The van der Waals surface area contributed by atoms with Crippen molar-refractivity contribution in [1.82, 2.24) is 5.32 Å². The van der Waals surface area contributed by atoms with Gasteiger partial charge in [-0.1, -0.05) is 12.1 Å². The number of fused-ring (bicyclic) bond motifs is 3. The minimum absolute atomic E-state index is 0.122. The number of halogens is 1. The number of carbonyl (C=O) groups excluding carboxylic acids is 2. The molecule has 2 amide bonds. The zero-order valence-corrected chi connectivity index (χ0v) is 12.8. The van der Waals surface area contributed by atoms with E-state index in [1.807, 2.05) is 0 Å². The Bertz CT molecular complexity index is 1090. The normalized spacial score (nSPS) is 14.8. The Hall–Kier alpha value is -3.41. The number of ether oxygens (including phenoxy) is 2. The molecular formula is C19H10FNO4. The first kappa shape index (κ1) is 14.0. The Morgan fingerprint density at radius 3 is 2.36 bits per heavy atom. The van der Waals surface area contributed by atoms with Crippen molar-refractivity contribution in [1.29, 1.82) is 0 Å². The van der Waals surface area contributed by atoms with Gasteiger partial charge in [0.05, 0.1) is 11.1 Å². The van der Waals surface area contributed by atoms with Crippen molar-refractivity contribution in [2.45, 2.75) is 0 Å². The average molecular weight is 335 g/mol. The lowest BCUT2D eigenvalue weighted by atomic mass is 9.90. The number of nitrogens with one attached hydrogen (secondary N) is 1. The summed E-state index contributed by atoms with van der Waals surface area (Å²) in [5.41, 5.74) is 1.82. The van der Waals surface area contributed by atoms with Gasteiger partial charge in [0.2, 0.25) is 6.79 Å². The topological polar surface area (TPSA) is 64.6 Å². The van der Waals surface area contributed by atoms with E-state index in [4.69, 9.17) is 9.47 Å². The van der Waals surface area contributed by atoms with Crippen LogP contribution in [0.1, 0.15) is 20.7 Å². The highest BCUT2D eigenvalue weighted by Crippen LogP contribution is 2.43. The van der Waals surface area contributed by atoms with Crippen LogP contribution in [-0.2, 0) is 0 Å². The molecule has 2 aliphatic rings. The highest BCUT2D eigenvalue weighted by Gasteiger charge is 2.32. The highest BCUT2D eigenvalue weighted by atomic mass is 19.1. The predicted molar refractivity (Wildman–Crippen MR) is 87.3 cm³/mol. The second-order valence-corrected chi connectivity index (χ2v) is 5.89. The summed E-state index contributed by atoms with van der Waals surface area (Å²) < 4.78 is 24.2. The molecule has 5 nitrogen and oxygen atoms in total. The van der Waals surface area contributed by atoms with Crippen LogP contribution in [0.2, 0.25) is 0 Å². The maximum absolute atomic E-state index is 13.3.